The van der Waals surface area contributed by atoms with Gasteiger partial charge >= 0.3 is 0 Å². The largest absolute Gasteiger partial charge is 0.493 e. The van der Waals surface area contributed by atoms with E-state index in [0.717, 1.165) is 78.6 Å². The summed E-state index contributed by atoms with van der Waals surface area (Å²) in [6.07, 6.45) is 22.4. The van der Waals surface area contributed by atoms with Gasteiger partial charge in [0, 0.05) is 40.5 Å². The third-order valence-electron chi connectivity index (χ3n) is 8.73. The third-order valence-corrected chi connectivity index (χ3v) is 8.73. The fourth-order valence-electron chi connectivity index (χ4n) is 5.89. The maximum absolute atomic E-state index is 11.9. The average molecular weight is 662 g/mol. The van der Waals surface area contributed by atoms with Crippen molar-refractivity contribution in [2.45, 2.75) is 150 Å². The van der Waals surface area contributed by atoms with Crippen LogP contribution in [0.5, 0.6) is 0 Å². The molecule has 2 aromatic rings. The normalized spacial score (nSPS) is 12.5. The van der Waals surface area contributed by atoms with Crippen LogP contribution in [0.25, 0.3) is 16.9 Å². The number of rotatable bonds is 19. The molecule has 0 amide bonds. The van der Waals surface area contributed by atoms with Crippen LogP contribution < -0.4 is 0 Å². The van der Waals surface area contributed by atoms with E-state index in [1.807, 2.05) is 0 Å². The molecule has 0 N–H and O–H groups in total. The maximum atomic E-state index is 11.9. The van der Waals surface area contributed by atoms with E-state index in [1.54, 1.807) is 0 Å². The molecule has 0 atom stereocenters. The SMILES string of the molecule is CCCCC#CC1=C(c2ccc(CCCCC)cc2)[N+](=[N-])C(c2ccc(CCCCC)cc2)=C1C#CCCCCCCCCC.[Ni]. The van der Waals surface area contributed by atoms with Crippen molar-refractivity contribution in [3.8, 4) is 23.7 Å². The van der Waals surface area contributed by atoms with E-state index in [-0.39, 0.29) is 16.5 Å². The molecule has 2 nitrogen and oxygen atoms in total. The molecule has 1 aliphatic heterocycles. The van der Waals surface area contributed by atoms with Crippen molar-refractivity contribution in [3.63, 3.8) is 0 Å². The maximum Gasteiger partial charge on any atom is 0.224 e. The Morgan fingerprint density at radius 3 is 1.28 bits per heavy atom. The molecule has 0 unspecified atom stereocenters. The first-order valence-corrected chi connectivity index (χ1v) is 18.3. The van der Waals surface area contributed by atoms with Crippen molar-refractivity contribution in [2.75, 3.05) is 0 Å². The monoisotopic (exact) mass is 660 g/mol. The molecule has 0 bridgehead atoms. The van der Waals surface area contributed by atoms with Crippen molar-refractivity contribution in [3.05, 3.63) is 87.5 Å². The van der Waals surface area contributed by atoms with Crippen molar-refractivity contribution in [1.29, 1.82) is 0 Å². The van der Waals surface area contributed by atoms with E-state index in [2.05, 4.69) is 99.9 Å². The van der Waals surface area contributed by atoms with Gasteiger partial charge in [-0.2, -0.15) is 0 Å². The fraction of sp³-hybridized carbons (Fsp3) is 0.535. The quantitative estimate of drug-likeness (QED) is 0.0620. The summed E-state index contributed by atoms with van der Waals surface area (Å²) in [4.78, 5) is 0. The van der Waals surface area contributed by atoms with Crippen LogP contribution in [-0.2, 0) is 29.3 Å². The Bertz CT molecular complexity index is 1370. The fourth-order valence-corrected chi connectivity index (χ4v) is 5.89. The molecule has 1 aliphatic rings. The van der Waals surface area contributed by atoms with E-state index in [1.165, 1.54) is 92.9 Å². The predicted octanol–water partition coefficient (Wildman–Crippen LogP) is 12.7. The molecule has 0 saturated heterocycles. The van der Waals surface area contributed by atoms with Gasteiger partial charge in [0.05, 0.1) is 0 Å². The van der Waals surface area contributed by atoms with Gasteiger partial charge in [0.1, 0.15) is 11.1 Å². The minimum absolute atomic E-state index is 0. The summed E-state index contributed by atoms with van der Waals surface area (Å²) in [6.45, 7) is 8.95. The molecule has 0 aliphatic carbocycles. The molecule has 0 aromatic heterocycles. The Morgan fingerprint density at radius 1 is 0.478 bits per heavy atom. The number of benzene rings is 2. The second-order valence-corrected chi connectivity index (χ2v) is 12.6. The summed E-state index contributed by atoms with van der Waals surface area (Å²) in [5.41, 5.74) is 19.8. The van der Waals surface area contributed by atoms with E-state index < -0.39 is 0 Å². The van der Waals surface area contributed by atoms with Gasteiger partial charge in [-0.25, -0.2) is 4.70 Å². The van der Waals surface area contributed by atoms with Gasteiger partial charge in [-0.3, -0.25) is 0 Å². The zero-order valence-electron chi connectivity index (χ0n) is 29.3. The average Bonchev–Trinajstić information content (AvgIpc) is 3.33. The van der Waals surface area contributed by atoms with Crippen LogP contribution in [0.4, 0.5) is 0 Å². The first-order valence-electron chi connectivity index (χ1n) is 18.3. The number of allylic oxidation sites excluding steroid dienone is 2. The van der Waals surface area contributed by atoms with Crippen LogP contribution in [0.1, 0.15) is 159 Å². The van der Waals surface area contributed by atoms with Gasteiger partial charge in [0.15, 0.2) is 0 Å². The van der Waals surface area contributed by atoms with Crippen LogP contribution in [-0.4, -0.2) is 4.70 Å². The Hall–Kier alpha value is -2.87. The molecule has 0 spiro atoms. The molecular formula is C43H58N2Ni. The Kier molecular flexibility index (Phi) is 20.0. The Labute approximate surface area is 292 Å². The van der Waals surface area contributed by atoms with Crippen molar-refractivity contribution in [1.82, 2.24) is 0 Å². The molecule has 0 radical (unpaired) electrons. The third kappa shape index (κ3) is 12.7. The van der Waals surface area contributed by atoms with Gasteiger partial charge in [-0.05, 0) is 73.9 Å². The van der Waals surface area contributed by atoms with Crippen molar-refractivity contribution < 1.29 is 21.2 Å². The topological polar surface area (TPSA) is 25.3 Å². The zero-order valence-corrected chi connectivity index (χ0v) is 30.3. The van der Waals surface area contributed by atoms with Crippen LogP contribution >= 0.6 is 0 Å². The summed E-state index contributed by atoms with van der Waals surface area (Å²) < 4.78 is 1.37. The van der Waals surface area contributed by atoms with E-state index >= 15 is 0 Å². The Balaban J connectivity index is 0.00000736. The van der Waals surface area contributed by atoms with E-state index in [4.69, 9.17) is 0 Å². The molecule has 3 rings (SSSR count). The van der Waals surface area contributed by atoms with Crippen LogP contribution in [0, 0.1) is 23.7 Å². The van der Waals surface area contributed by atoms with Crippen LogP contribution in [0.15, 0.2) is 59.7 Å². The van der Waals surface area contributed by atoms with Crippen molar-refractivity contribution >= 4 is 11.4 Å². The number of nitrogens with zero attached hydrogens (tertiary/aromatic N) is 2. The van der Waals surface area contributed by atoms with Gasteiger partial charge in [0.2, 0.25) is 11.4 Å². The summed E-state index contributed by atoms with van der Waals surface area (Å²) in [5, 5.41) is 0. The molecule has 250 valence electrons. The second-order valence-electron chi connectivity index (χ2n) is 12.6. The number of hydrogen-bond acceptors (Lipinski definition) is 0. The first-order chi connectivity index (χ1) is 22.1. The molecule has 2 aromatic carbocycles. The van der Waals surface area contributed by atoms with Gasteiger partial charge in [0.25, 0.3) is 0 Å². The molecular weight excluding hydrogens is 603 g/mol. The zero-order chi connectivity index (χ0) is 32.1. The van der Waals surface area contributed by atoms with E-state index in [0.29, 0.717) is 0 Å². The van der Waals surface area contributed by atoms with Gasteiger partial charge in [-0.15, -0.1) is 0 Å². The Morgan fingerprint density at radius 2 is 0.848 bits per heavy atom. The second kappa shape index (κ2) is 23.5. The first kappa shape index (κ1) is 39.3. The summed E-state index contributed by atoms with van der Waals surface area (Å²) >= 11 is 0. The molecule has 1 heterocycles. The number of aryl methyl sites for hydroxylation is 2. The molecule has 3 heteroatoms. The predicted molar refractivity (Wildman–Crippen MR) is 194 cm³/mol. The smallest absolute Gasteiger partial charge is 0.224 e. The minimum atomic E-state index is 0. The van der Waals surface area contributed by atoms with E-state index in [9.17, 15) is 5.53 Å². The number of hydrogen-bond donors (Lipinski definition) is 0. The summed E-state index contributed by atoms with van der Waals surface area (Å²) in [7, 11) is 0. The molecule has 0 saturated carbocycles. The minimum Gasteiger partial charge on any atom is -0.493 e. The summed E-state index contributed by atoms with van der Waals surface area (Å²) in [5.74, 6) is 13.9. The van der Waals surface area contributed by atoms with Gasteiger partial charge in [-0.1, -0.05) is 146 Å². The molecule has 0 fully saturated rings. The van der Waals surface area contributed by atoms with Crippen LogP contribution in [0.2, 0.25) is 0 Å². The molecule has 46 heavy (non-hydrogen) atoms. The standard InChI is InChI=1S/C43H58N2.Ni/c1-5-9-13-15-16-17-18-19-23-27-41-40(26-22-14-10-6-2)42(38-32-28-36(29-33-38)24-20-11-7-3)45(44)43(41)39-34-30-37(31-35-39)25-21-12-8-4;/h28-35H,5-21,24-25H2,1-4H3;. The van der Waals surface area contributed by atoms with Crippen LogP contribution in [0.3, 0.4) is 0 Å². The summed E-state index contributed by atoms with van der Waals surface area (Å²) in [6, 6.07) is 17.5. The number of unbranched alkanes of at least 4 members (excludes halogenated alkanes) is 13. The van der Waals surface area contributed by atoms with Gasteiger partial charge < -0.3 is 5.53 Å². The van der Waals surface area contributed by atoms with Crippen molar-refractivity contribution in [2.24, 2.45) is 0 Å².